The van der Waals surface area contributed by atoms with Crippen LogP contribution < -0.4 is 5.32 Å². The number of aromatic amines is 1. The largest absolute Gasteiger partial charge is 0.364 e. The molecule has 1 aliphatic heterocycles. The van der Waals surface area contributed by atoms with Gasteiger partial charge in [-0.1, -0.05) is 15.9 Å². The summed E-state index contributed by atoms with van der Waals surface area (Å²) in [6.45, 7) is 1.16. The number of halogens is 1. The van der Waals surface area contributed by atoms with Crippen LogP contribution in [0.15, 0.2) is 18.3 Å². The Bertz CT molecular complexity index is 227. The highest BCUT2D eigenvalue weighted by Crippen LogP contribution is 2.29. The summed E-state index contributed by atoms with van der Waals surface area (Å²) in [7, 11) is 0. The van der Waals surface area contributed by atoms with E-state index in [1.807, 2.05) is 12.3 Å². The van der Waals surface area contributed by atoms with E-state index >= 15 is 0 Å². The number of aromatic nitrogens is 1. The third-order valence-corrected chi connectivity index (χ3v) is 3.50. The number of rotatable bonds is 2. The maximum Gasteiger partial charge on any atom is 0.0698 e. The second-order valence-corrected chi connectivity index (χ2v) is 4.22. The van der Waals surface area contributed by atoms with Crippen LogP contribution in [-0.4, -0.2) is 17.6 Å². The molecule has 0 bridgehead atoms. The van der Waals surface area contributed by atoms with Crippen LogP contribution in [0.25, 0.3) is 0 Å². The van der Waals surface area contributed by atoms with Gasteiger partial charge in [0.2, 0.25) is 0 Å². The Kier molecular flexibility index (Phi) is 2.51. The molecule has 0 aliphatic carbocycles. The molecule has 3 heteroatoms. The fraction of sp³-hybridized carbons (Fsp3) is 0.556. The highest BCUT2D eigenvalue weighted by molar-refractivity contribution is 9.09. The zero-order chi connectivity index (χ0) is 8.39. The van der Waals surface area contributed by atoms with E-state index in [1.54, 1.807) is 0 Å². The second kappa shape index (κ2) is 3.62. The number of nitrogens with one attached hydrogen (secondary N) is 2. The van der Waals surface area contributed by atoms with Crippen molar-refractivity contribution in [3.63, 3.8) is 0 Å². The van der Waals surface area contributed by atoms with Crippen molar-refractivity contribution in [1.29, 1.82) is 0 Å². The number of hydrogen-bond donors (Lipinski definition) is 2. The van der Waals surface area contributed by atoms with E-state index in [-0.39, 0.29) is 0 Å². The van der Waals surface area contributed by atoms with Crippen LogP contribution in [0, 0.1) is 0 Å². The summed E-state index contributed by atoms with van der Waals surface area (Å²) in [5.41, 5.74) is 1.27. The normalized spacial score (nSPS) is 25.9. The minimum atomic E-state index is 0.440. The van der Waals surface area contributed by atoms with Gasteiger partial charge in [-0.3, -0.25) is 0 Å². The van der Waals surface area contributed by atoms with Gasteiger partial charge in [0.25, 0.3) is 0 Å². The quantitative estimate of drug-likeness (QED) is 0.747. The lowest BCUT2D eigenvalue weighted by molar-refractivity contribution is 0.592. The fourth-order valence-electron chi connectivity index (χ4n) is 1.69. The first kappa shape index (κ1) is 8.32. The van der Waals surface area contributed by atoms with Crippen LogP contribution in [0.3, 0.4) is 0 Å². The van der Waals surface area contributed by atoms with Gasteiger partial charge in [-0.2, -0.15) is 0 Å². The molecule has 1 aliphatic rings. The van der Waals surface area contributed by atoms with Crippen LogP contribution in [0.5, 0.6) is 0 Å². The number of alkyl halides is 1. The van der Waals surface area contributed by atoms with Crippen molar-refractivity contribution in [2.45, 2.75) is 23.7 Å². The van der Waals surface area contributed by atoms with Crippen molar-refractivity contribution < 1.29 is 0 Å². The van der Waals surface area contributed by atoms with E-state index in [9.17, 15) is 0 Å². The Hall–Kier alpha value is -0.280. The molecule has 1 aromatic rings. The average molecular weight is 229 g/mol. The molecular formula is C9H13BrN2. The molecule has 12 heavy (non-hydrogen) atoms. The molecule has 0 spiro atoms. The van der Waals surface area contributed by atoms with Crippen LogP contribution >= 0.6 is 15.9 Å². The topological polar surface area (TPSA) is 27.8 Å². The van der Waals surface area contributed by atoms with Crippen LogP contribution in [0.1, 0.15) is 23.4 Å². The molecule has 2 N–H and O–H groups in total. The molecule has 1 fully saturated rings. The van der Waals surface area contributed by atoms with Gasteiger partial charge in [0, 0.05) is 17.9 Å². The Morgan fingerprint density at radius 3 is 3.08 bits per heavy atom. The summed E-state index contributed by atoms with van der Waals surface area (Å²) in [5.74, 6) is 0. The molecule has 0 aromatic carbocycles. The SMILES string of the molecule is BrC(c1ccc[nH]1)C1CCCN1. The van der Waals surface area contributed by atoms with E-state index in [0.29, 0.717) is 10.9 Å². The van der Waals surface area contributed by atoms with Crippen LogP contribution in [0.4, 0.5) is 0 Å². The Morgan fingerprint density at radius 1 is 1.58 bits per heavy atom. The Labute approximate surface area is 80.9 Å². The van der Waals surface area contributed by atoms with Gasteiger partial charge in [-0.15, -0.1) is 0 Å². The van der Waals surface area contributed by atoms with Gasteiger partial charge in [-0.25, -0.2) is 0 Å². The first-order valence-electron chi connectivity index (χ1n) is 4.38. The summed E-state index contributed by atoms with van der Waals surface area (Å²) < 4.78 is 0. The summed E-state index contributed by atoms with van der Waals surface area (Å²) in [6, 6.07) is 4.77. The van der Waals surface area contributed by atoms with Gasteiger partial charge >= 0.3 is 0 Å². The average Bonchev–Trinajstić information content (AvgIpc) is 2.77. The van der Waals surface area contributed by atoms with Crippen LogP contribution in [0.2, 0.25) is 0 Å². The summed E-state index contributed by atoms with van der Waals surface area (Å²) in [6.07, 6.45) is 4.54. The standard InChI is InChI=1S/C9H13BrN2/c10-9(7-3-1-5-11-7)8-4-2-6-12-8/h1,3,5,8-9,11-12H,2,4,6H2. The molecule has 66 valence electrons. The third-order valence-electron chi connectivity index (χ3n) is 2.37. The third kappa shape index (κ3) is 1.57. The minimum Gasteiger partial charge on any atom is -0.364 e. The lowest BCUT2D eigenvalue weighted by Crippen LogP contribution is -2.25. The van der Waals surface area contributed by atoms with Gasteiger partial charge in [0.05, 0.1) is 4.83 Å². The molecule has 0 amide bonds. The highest BCUT2D eigenvalue weighted by Gasteiger charge is 2.23. The van der Waals surface area contributed by atoms with Crippen molar-refractivity contribution in [3.8, 4) is 0 Å². The van der Waals surface area contributed by atoms with Gasteiger partial charge in [0.1, 0.15) is 0 Å². The lowest BCUT2D eigenvalue weighted by Gasteiger charge is -2.16. The van der Waals surface area contributed by atoms with Crippen molar-refractivity contribution in [2.24, 2.45) is 0 Å². The van der Waals surface area contributed by atoms with E-state index < -0.39 is 0 Å². The van der Waals surface area contributed by atoms with Gasteiger partial charge in [-0.05, 0) is 31.5 Å². The first-order chi connectivity index (χ1) is 5.88. The van der Waals surface area contributed by atoms with E-state index in [0.717, 1.165) is 6.54 Å². The van der Waals surface area contributed by atoms with Crippen molar-refractivity contribution in [1.82, 2.24) is 10.3 Å². The summed E-state index contributed by atoms with van der Waals surface area (Å²) >= 11 is 3.70. The minimum absolute atomic E-state index is 0.440. The molecule has 1 aromatic heterocycles. The van der Waals surface area contributed by atoms with Crippen molar-refractivity contribution >= 4 is 15.9 Å². The molecule has 0 saturated carbocycles. The number of hydrogen-bond acceptors (Lipinski definition) is 1. The lowest BCUT2D eigenvalue weighted by atomic mass is 10.1. The number of H-pyrrole nitrogens is 1. The maximum atomic E-state index is 3.70. The Balaban J connectivity index is 2.04. The van der Waals surface area contributed by atoms with E-state index in [2.05, 4.69) is 32.3 Å². The van der Waals surface area contributed by atoms with Crippen molar-refractivity contribution in [3.05, 3.63) is 24.0 Å². The Morgan fingerprint density at radius 2 is 2.50 bits per heavy atom. The second-order valence-electron chi connectivity index (χ2n) is 3.23. The molecule has 2 atom stereocenters. The summed E-state index contributed by atoms with van der Waals surface area (Å²) in [4.78, 5) is 3.67. The van der Waals surface area contributed by atoms with Gasteiger partial charge in [0.15, 0.2) is 0 Å². The molecule has 2 heterocycles. The van der Waals surface area contributed by atoms with E-state index in [1.165, 1.54) is 18.5 Å². The van der Waals surface area contributed by atoms with Crippen LogP contribution in [-0.2, 0) is 0 Å². The fourth-order valence-corrected chi connectivity index (χ4v) is 2.43. The monoisotopic (exact) mass is 228 g/mol. The summed E-state index contributed by atoms with van der Waals surface area (Å²) in [5, 5.41) is 3.48. The predicted molar refractivity (Wildman–Crippen MR) is 53.5 cm³/mol. The predicted octanol–water partition coefficient (Wildman–Crippen LogP) is 2.20. The molecule has 0 radical (unpaired) electrons. The zero-order valence-corrected chi connectivity index (χ0v) is 8.47. The molecule has 2 unspecified atom stereocenters. The molecular weight excluding hydrogens is 216 g/mol. The highest BCUT2D eigenvalue weighted by atomic mass is 79.9. The smallest absolute Gasteiger partial charge is 0.0698 e. The maximum absolute atomic E-state index is 3.70. The van der Waals surface area contributed by atoms with Crippen molar-refractivity contribution in [2.75, 3.05) is 6.54 Å². The van der Waals surface area contributed by atoms with Gasteiger partial charge < -0.3 is 10.3 Å². The first-order valence-corrected chi connectivity index (χ1v) is 5.30. The zero-order valence-electron chi connectivity index (χ0n) is 6.89. The molecule has 1 saturated heterocycles. The molecule has 2 rings (SSSR count). The van der Waals surface area contributed by atoms with E-state index in [4.69, 9.17) is 0 Å². The molecule has 2 nitrogen and oxygen atoms in total.